The summed E-state index contributed by atoms with van der Waals surface area (Å²) in [4.78, 5) is 52.3. The van der Waals surface area contributed by atoms with Crippen LogP contribution in [0.25, 0.3) is 0 Å². The second-order valence-electron chi connectivity index (χ2n) is 3.03. The summed E-state index contributed by atoms with van der Waals surface area (Å²) in [6.07, 6.45) is -1.27. The van der Waals surface area contributed by atoms with E-state index in [1.807, 2.05) is 0 Å². The molecule has 86 valence electrons. The third-order valence-electron chi connectivity index (χ3n) is 2.17. The van der Waals surface area contributed by atoms with Crippen LogP contribution in [0.2, 0.25) is 0 Å². The maximum atomic E-state index is 11.1. The van der Waals surface area contributed by atoms with E-state index in [2.05, 4.69) is 25.4 Å². The Labute approximate surface area is 87.6 Å². The van der Waals surface area contributed by atoms with Crippen LogP contribution in [0.4, 0.5) is 0 Å². The van der Waals surface area contributed by atoms with E-state index in [9.17, 15) is 24.4 Å². The molecular weight excluding hydrogens is 224 g/mol. The van der Waals surface area contributed by atoms with Crippen molar-refractivity contribution >= 4 is 5.97 Å². The van der Waals surface area contributed by atoms with Gasteiger partial charge in [0.05, 0.1) is 0 Å². The van der Waals surface area contributed by atoms with Crippen LogP contribution in [0.5, 0.6) is 0 Å². The highest BCUT2D eigenvalue weighted by Gasteiger charge is 2.49. The Morgan fingerprint density at radius 2 is 1.62 bits per heavy atom. The fraction of sp³-hybridized carbons (Fsp3) is 0.833. The number of ether oxygens (including phenoxy) is 1. The van der Waals surface area contributed by atoms with Crippen LogP contribution in [0, 0.1) is 19.6 Å². The van der Waals surface area contributed by atoms with Crippen LogP contribution in [0.15, 0.2) is 20.7 Å². The van der Waals surface area contributed by atoms with Gasteiger partial charge in [0, 0.05) is 0 Å². The van der Waals surface area contributed by atoms with Crippen LogP contribution in [0.3, 0.4) is 0 Å². The van der Waals surface area contributed by atoms with E-state index in [0.717, 1.165) is 0 Å². The zero-order valence-corrected chi connectivity index (χ0v) is 7.75. The predicted molar refractivity (Wildman–Crippen MR) is 49.3 cm³/mol. The third-order valence-corrected chi connectivity index (χ3v) is 2.17. The molecule has 1 aliphatic rings. The monoisotopic (exact) mass is 230 g/mol. The van der Waals surface area contributed by atoms with E-state index >= 15 is 0 Å². The van der Waals surface area contributed by atoms with Gasteiger partial charge in [-0.1, -0.05) is 20.7 Å². The van der Waals surface area contributed by atoms with Crippen molar-refractivity contribution in [3.8, 4) is 0 Å². The summed E-state index contributed by atoms with van der Waals surface area (Å²) in [7, 11) is 0. The first-order valence-corrected chi connectivity index (χ1v) is 4.16. The summed E-state index contributed by atoms with van der Waals surface area (Å²) in [5, 5.41) is 9.75. The van der Waals surface area contributed by atoms with Gasteiger partial charge in [0.15, 0.2) is 18.2 Å². The van der Waals surface area contributed by atoms with Crippen molar-refractivity contribution in [2.24, 2.45) is 20.7 Å². The van der Waals surface area contributed by atoms with Crippen LogP contribution >= 0.6 is 0 Å². The maximum Gasteiger partial charge on any atom is 0.337 e. The third kappa shape index (κ3) is 1.94. The van der Waals surface area contributed by atoms with Crippen LogP contribution < -0.4 is 0 Å². The van der Waals surface area contributed by atoms with Gasteiger partial charge in [0.2, 0.25) is 6.04 Å². The molecule has 0 bridgehead atoms. The average molecular weight is 230 g/mol. The summed E-state index contributed by atoms with van der Waals surface area (Å²) >= 11 is 0. The van der Waals surface area contributed by atoms with Gasteiger partial charge in [-0.15, -0.1) is 4.91 Å². The second-order valence-corrected chi connectivity index (χ2v) is 3.03. The number of carbonyl (C=O) groups excluding carboxylic acids is 1. The summed E-state index contributed by atoms with van der Waals surface area (Å²) in [5.41, 5.74) is 0. The minimum absolute atomic E-state index is 0.542. The highest BCUT2D eigenvalue weighted by atomic mass is 16.6. The molecule has 1 aliphatic heterocycles. The van der Waals surface area contributed by atoms with Crippen molar-refractivity contribution in [3.63, 3.8) is 0 Å². The Bertz CT molecular complexity index is 333. The van der Waals surface area contributed by atoms with Crippen molar-refractivity contribution in [3.05, 3.63) is 19.6 Å². The van der Waals surface area contributed by atoms with Crippen molar-refractivity contribution < 1.29 is 9.53 Å². The summed E-state index contributed by atoms with van der Waals surface area (Å²) < 4.78 is 4.55. The van der Waals surface area contributed by atoms with Gasteiger partial charge in [0.25, 0.3) is 0 Å². The number of esters is 1. The molecule has 1 fully saturated rings. The Hall–Kier alpha value is -2.13. The van der Waals surface area contributed by atoms with Crippen molar-refractivity contribution in [2.45, 2.75) is 24.2 Å². The first-order valence-electron chi connectivity index (χ1n) is 4.16. The molecule has 1 rings (SSSR count). The first-order chi connectivity index (χ1) is 7.69. The number of hydrogen-bond acceptors (Lipinski definition) is 10. The smallest absolute Gasteiger partial charge is 0.337 e. The first kappa shape index (κ1) is 11.9. The number of cyclic esters (lactones) is 1. The quantitative estimate of drug-likeness (QED) is 0.483. The molecule has 0 spiro atoms. The molecule has 0 aromatic heterocycles. The van der Waals surface area contributed by atoms with Crippen molar-refractivity contribution in [2.75, 3.05) is 6.54 Å². The predicted octanol–water partition coefficient (Wildman–Crippen LogP) is 0.0832. The molecule has 0 unspecified atom stereocenters. The molecule has 0 amide bonds. The summed E-state index contributed by atoms with van der Waals surface area (Å²) in [6, 6.07) is -4.68. The Kier molecular flexibility index (Phi) is 3.80. The molecule has 0 radical (unpaired) electrons. The zero-order valence-electron chi connectivity index (χ0n) is 7.75. The highest BCUT2D eigenvalue weighted by Crippen LogP contribution is 2.24. The van der Waals surface area contributed by atoms with E-state index in [-0.39, 0.29) is 0 Å². The largest absolute Gasteiger partial charge is 0.456 e. The van der Waals surface area contributed by atoms with Crippen LogP contribution in [0.1, 0.15) is 0 Å². The van der Waals surface area contributed by atoms with E-state index in [4.69, 9.17) is 0 Å². The molecule has 0 aliphatic carbocycles. The summed E-state index contributed by atoms with van der Waals surface area (Å²) in [6.45, 7) is -0.542. The number of nitrogens with zero attached hydrogens (tertiary/aromatic N) is 4. The molecule has 0 aromatic rings. The van der Waals surface area contributed by atoms with Gasteiger partial charge >= 0.3 is 5.97 Å². The van der Waals surface area contributed by atoms with Crippen LogP contribution in [-0.4, -0.2) is 36.7 Å². The van der Waals surface area contributed by atoms with E-state index in [1.54, 1.807) is 0 Å². The number of hydrogen-bond donors (Lipinski definition) is 0. The molecular formula is C6H6N4O6. The van der Waals surface area contributed by atoms with E-state index in [0.29, 0.717) is 0 Å². The minimum Gasteiger partial charge on any atom is -0.456 e. The topological polar surface area (TPSA) is 144 Å². The van der Waals surface area contributed by atoms with E-state index < -0.39 is 36.7 Å². The molecule has 10 nitrogen and oxygen atoms in total. The molecule has 4 atom stereocenters. The maximum absolute atomic E-state index is 11.1. The van der Waals surface area contributed by atoms with Gasteiger partial charge < -0.3 is 4.74 Å². The van der Waals surface area contributed by atoms with Gasteiger partial charge in [-0.05, 0) is 0 Å². The summed E-state index contributed by atoms with van der Waals surface area (Å²) in [5.74, 6) is -1.12. The molecule has 1 heterocycles. The minimum atomic E-state index is -1.71. The van der Waals surface area contributed by atoms with Crippen molar-refractivity contribution in [1.82, 2.24) is 0 Å². The number of carbonyl (C=O) groups is 1. The number of nitroso groups, excluding NO2 is 4. The molecule has 0 N–H and O–H groups in total. The second kappa shape index (κ2) is 5.09. The fourth-order valence-corrected chi connectivity index (χ4v) is 1.41. The zero-order chi connectivity index (χ0) is 12.1. The molecule has 0 saturated carbocycles. The molecule has 16 heavy (non-hydrogen) atoms. The van der Waals surface area contributed by atoms with Gasteiger partial charge in [-0.25, -0.2) is 4.79 Å². The lowest BCUT2D eigenvalue weighted by atomic mass is 9.94. The lowest BCUT2D eigenvalue weighted by molar-refractivity contribution is -0.157. The van der Waals surface area contributed by atoms with Gasteiger partial charge in [0.1, 0.15) is 6.54 Å². The number of rotatable bonds is 5. The SMILES string of the molecule is O=NC[C@H]1OC(=O)[C@H](N=O)[C@@H](N=O)[C@@H]1N=O. The highest BCUT2D eigenvalue weighted by molar-refractivity contribution is 5.78. The van der Waals surface area contributed by atoms with Gasteiger partial charge in [-0.3, -0.25) is 0 Å². The molecule has 10 heteroatoms. The Morgan fingerprint density at radius 1 is 1.00 bits per heavy atom. The molecule has 1 saturated heterocycles. The Morgan fingerprint density at radius 3 is 2.06 bits per heavy atom. The van der Waals surface area contributed by atoms with Crippen LogP contribution in [-0.2, 0) is 9.53 Å². The lowest BCUT2D eigenvalue weighted by Crippen LogP contribution is -2.53. The lowest BCUT2D eigenvalue weighted by Gasteiger charge is -2.30. The van der Waals surface area contributed by atoms with Gasteiger partial charge in [-0.2, -0.15) is 14.7 Å². The van der Waals surface area contributed by atoms with E-state index in [1.165, 1.54) is 0 Å². The van der Waals surface area contributed by atoms with Crippen molar-refractivity contribution in [1.29, 1.82) is 0 Å². The average Bonchev–Trinajstić information content (AvgIpc) is 2.28. The standard InChI is InChI=1S/C6H6N4O6/c11-6-5(10-15)4(9-14)3(8-13)2(16-6)1-7-12/h2-5H,1H2/t2-,3-,4+,5-/m1/s1. The fourth-order valence-electron chi connectivity index (χ4n) is 1.41. The molecule has 0 aromatic carbocycles. The normalized spacial score (nSPS) is 33.6. The Balaban J connectivity index is 2.99.